The van der Waals surface area contributed by atoms with Gasteiger partial charge in [-0.15, -0.1) is 0 Å². The maximum absolute atomic E-state index is 5.45. The van der Waals surface area contributed by atoms with Gasteiger partial charge < -0.3 is 25.2 Å². The van der Waals surface area contributed by atoms with E-state index < -0.39 is 0 Å². The van der Waals surface area contributed by atoms with E-state index in [4.69, 9.17) is 4.74 Å². The molecule has 19 heavy (non-hydrogen) atoms. The molecular formula is C14H22N4O. The number of nitrogens with zero attached hydrogens (tertiary/aromatic N) is 2. The Morgan fingerprint density at radius 3 is 2.53 bits per heavy atom. The molecule has 5 nitrogen and oxygen atoms in total. The number of nitrogens with one attached hydrogen (secondary N) is 2. The average Bonchev–Trinajstić information content (AvgIpc) is 2.75. The summed E-state index contributed by atoms with van der Waals surface area (Å²) in [7, 11) is 0. The lowest BCUT2D eigenvalue weighted by molar-refractivity contribution is 0.0495. The molecule has 3 aliphatic rings. The molecule has 0 spiro atoms. The Morgan fingerprint density at radius 2 is 1.74 bits per heavy atom. The molecule has 2 N–H and O–H groups in total. The highest BCUT2D eigenvalue weighted by Crippen LogP contribution is 2.18. The lowest BCUT2D eigenvalue weighted by Gasteiger charge is -2.36. The molecule has 0 amide bonds. The summed E-state index contributed by atoms with van der Waals surface area (Å²) in [4.78, 5) is 4.85. The van der Waals surface area contributed by atoms with Gasteiger partial charge in [-0.2, -0.15) is 0 Å². The van der Waals surface area contributed by atoms with E-state index in [2.05, 4.69) is 38.7 Å². The lowest BCUT2D eigenvalue weighted by Crippen LogP contribution is -2.46. The smallest absolute Gasteiger partial charge is 0.130 e. The molecule has 0 saturated carbocycles. The number of allylic oxidation sites excluding steroid dienone is 3. The van der Waals surface area contributed by atoms with Crippen LogP contribution in [-0.2, 0) is 4.74 Å². The summed E-state index contributed by atoms with van der Waals surface area (Å²) in [5.41, 5.74) is 1.30. The van der Waals surface area contributed by atoms with Crippen LogP contribution in [0.4, 0.5) is 0 Å². The Labute approximate surface area is 114 Å². The van der Waals surface area contributed by atoms with Crippen molar-refractivity contribution in [1.29, 1.82) is 0 Å². The van der Waals surface area contributed by atoms with Gasteiger partial charge in [0.05, 0.1) is 18.9 Å². The SMILES string of the molecule is C1=CNC(N2CCOCC2)=C(N2CCNCC2)C=C1. The predicted octanol–water partition coefficient (Wildman–Crippen LogP) is 0.0660. The van der Waals surface area contributed by atoms with Gasteiger partial charge in [-0.3, -0.25) is 0 Å². The predicted molar refractivity (Wildman–Crippen MR) is 75.3 cm³/mol. The third kappa shape index (κ3) is 2.93. The molecule has 3 aliphatic heterocycles. The zero-order valence-corrected chi connectivity index (χ0v) is 11.3. The molecule has 104 valence electrons. The van der Waals surface area contributed by atoms with E-state index in [-0.39, 0.29) is 0 Å². The quantitative estimate of drug-likeness (QED) is 0.737. The number of rotatable bonds is 2. The van der Waals surface area contributed by atoms with Gasteiger partial charge in [0.15, 0.2) is 0 Å². The molecule has 0 unspecified atom stereocenters. The van der Waals surface area contributed by atoms with Crippen molar-refractivity contribution in [2.45, 2.75) is 0 Å². The molecule has 0 atom stereocenters. The van der Waals surface area contributed by atoms with Crippen LogP contribution in [0.5, 0.6) is 0 Å². The monoisotopic (exact) mass is 262 g/mol. The molecular weight excluding hydrogens is 240 g/mol. The second-order valence-corrected chi connectivity index (χ2v) is 4.93. The van der Waals surface area contributed by atoms with Gasteiger partial charge in [-0.25, -0.2) is 0 Å². The van der Waals surface area contributed by atoms with Gasteiger partial charge in [0.2, 0.25) is 0 Å². The van der Waals surface area contributed by atoms with Crippen LogP contribution in [0.15, 0.2) is 35.9 Å². The van der Waals surface area contributed by atoms with E-state index in [0.717, 1.165) is 52.5 Å². The zero-order valence-electron chi connectivity index (χ0n) is 11.3. The molecule has 0 aromatic rings. The Kier molecular flexibility index (Phi) is 4.05. The van der Waals surface area contributed by atoms with Crippen LogP contribution in [0, 0.1) is 0 Å². The fourth-order valence-corrected chi connectivity index (χ4v) is 2.68. The van der Waals surface area contributed by atoms with E-state index in [0.29, 0.717) is 0 Å². The molecule has 0 aromatic carbocycles. The van der Waals surface area contributed by atoms with Crippen LogP contribution in [0.1, 0.15) is 0 Å². The largest absolute Gasteiger partial charge is 0.378 e. The molecule has 0 bridgehead atoms. The Morgan fingerprint density at radius 1 is 0.947 bits per heavy atom. The number of ether oxygens (including phenoxy) is 1. The van der Waals surface area contributed by atoms with E-state index in [1.54, 1.807) is 0 Å². The van der Waals surface area contributed by atoms with Gasteiger partial charge in [-0.05, 0) is 12.2 Å². The normalized spacial score (nSPS) is 24.4. The van der Waals surface area contributed by atoms with Crippen LogP contribution >= 0.6 is 0 Å². The first kappa shape index (κ1) is 12.6. The molecule has 2 fully saturated rings. The highest BCUT2D eigenvalue weighted by atomic mass is 16.5. The van der Waals surface area contributed by atoms with Crippen LogP contribution in [0.25, 0.3) is 0 Å². The van der Waals surface area contributed by atoms with Crippen molar-refractivity contribution in [3.8, 4) is 0 Å². The average molecular weight is 262 g/mol. The summed E-state index contributed by atoms with van der Waals surface area (Å²) in [5.74, 6) is 1.22. The molecule has 0 aliphatic carbocycles. The summed E-state index contributed by atoms with van der Waals surface area (Å²) in [6, 6.07) is 0. The molecule has 0 radical (unpaired) electrons. The molecule has 0 aromatic heterocycles. The Hall–Kier alpha value is -1.46. The van der Waals surface area contributed by atoms with Crippen molar-refractivity contribution in [2.24, 2.45) is 0 Å². The van der Waals surface area contributed by atoms with Gasteiger partial charge in [0, 0.05) is 45.5 Å². The molecule has 3 heterocycles. The van der Waals surface area contributed by atoms with E-state index >= 15 is 0 Å². The Bertz CT molecular complexity index is 390. The molecule has 5 heteroatoms. The van der Waals surface area contributed by atoms with Gasteiger partial charge >= 0.3 is 0 Å². The second kappa shape index (κ2) is 6.12. The maximum atomic E-state index is 5.45. The third-order valence-corrected chi connectivity index (χ3v) is 3.71. The summed E-state index contributed by atoms with van der Waals surface area (Å²) in [6.07, 6.45) is 8.39. The topological polar surface area (TPSA) is 39.8 Å². The second-order valence-electron chi connectivity index (χ2n) is 4.93. The minimum Gasteiger partial charge on any atom is -0.378 e. The van der Waals surface area contributed by atoms with Crippen molar-refractivity contribution < 1.29 is 4.74 Å². The van der Waals surface area contributed by atoms with Gasteiger partial charge in [-0.1, -0.05) is 6.08 Å². The summed E-state index contributed by atoms with van der Waals surface area (Å²) in [6.45, 7) is 7.78. The summed E-state index contributed by atoms with van der Waals surface area (Å²) < 4.78 is 5.45. The van der Waals surface area contributed by atoms with Crippen molar-refractivity contribution >= 4 is 0 Å². The number of hydrogen-bond donors (Lipinski definition) is 2. The molecule has 2 saturated heterocycles. The van der Waals surface area contributed by atoms with Crippen molar-refractivity contribution in [3.05, 3.63) is 35.9 Å². The highest BCUT2D eigenvalue weighted by molar-refractivity contribution is 5.30. The number of morpholine rings is 1. The van der Waals surface area contributed by atoms with Gasteiger partial charge in [0.25, 0.3) is 0 Å². The van der Waals surface area contributed by atoms with Crippen LogP contribution in [-0.4, -0.2) is 62.3 Å². The number of piperazine rings is 1. The van der Waals surface area contributed by atoms with Crippen molar-refractivity contribution in [2.75, 3.05) is 52.5 Å². The third-order valence-electron chi connectivity index (χ3n) is 3.71. The standard InChI is InChI=1S/C14H22N4O/c1-2-4-16-14(18-9-11-19-12-10-18)13(3-1)17-7-5-15-6-8-17/h1-4,15-16H,5-12H2. The van der Waals surface area contributed by atoms with Crippen LogP contribution < -0.4 is 10.6 Å². The van der Waals surface area contributed by atoms with Crippen LogP contribution in [0.2, 0.25) is 0 Å². The fourth-order valence-electron chi connectivity index (χ4n) is 2.68. The zero-order chi connectivity index (χ0) is 12.9. The van der Waals surface area contributed by atoms with Crippen LogP contribution in [0.3, 0.4) is 0 Å². The first-order valence-corrected chi connectivity index (χ1v) is 7.07. The van der Waals surface area contributed by atoms with Gasteiger partial charge in [0.1, 0.15) is 5.82 Å². The maximum Gasteiger partial charge on any atom is 0.130 e. The molecule has 3 rings (SSSR count). The lowest BCUT2D eigenvalue weighted by atomic mass is 10.2. The van der Waals surface area contributed by atoms with E-state index in [1.165, 1.54) is 11.5 Å². The number of hydrogen-bond acceptors (Lipinski definition) is 5. The minimum absolute atomic E-state index is 0.813. The highest BCUT2D eigenvalue weighted by Gasteiger charge is 2.21. The van der Waals surface area contributed by atoms with E-state index in [9.17, 15) is 0 Å². The first-order valence-electron chi connectivity index (χ1n) is 7.07. The Balaban J connectivity index is 1.85. The van der Waals surface area contributed by atoms with Crippen molar-refractivity contribution in [1.82, 2.24) is 20.4 Å². The van der Waals surface area contributed by atoms with E-state index in [1.807, 2.05) is 6.20 Å². The fraction of sp³-hybridized carbons (Fsp3) is 0.571. The van der Waals surface area contributed by atoms with Crippen molar-refractivity contribution in [3.63, 3.8) is 0 Å². The summed E-state index contributed by atoms with van der Waals surface area (Å²) >= 11 is 0. The first-order chi connectivity index (χ1) is 9.45. The minimum atomic E-state index is 0.813. The summed E-state index contributed by atoms with van der Waals surface area (Å²) in [5, 5.41) is 6.85.